The van der Waals surface area contributed by atoms with Crippen molar-refractivity contribution in [1.82, 2.24) is 14.5 Å². The lowest BCUT2D eigenvalue weighted by Gasteiger charge is -2.20. The maximum atomic E-state index is 14.3. The molecule has 1 aromatic heterocycles. The fraction of sp³-hybridized carbons (Fsp3) is 0.200. The van der Waals surface area contributed by atoms with Crippen molar-refractivity contribution < 1.29 is 17.6 Å². The Kier molecular flexibility index (Phi) is 5.54. The van der Waals surface area contributed by atoms with E-state index in [4.69, 9.17) is 0 Å². The van der Waals surface area contributed by atoms with Crippen LogP contribution in [0.15, 0.2) is 65.8 Å². The maximum absolute atomic E-state index is 14.3. The van der Waals surface area contributed by atoms with Gasteiger partial charge in [0.05, 0.1) is 4.90 Å². The van der Waals surface area contributed by atoms with Crippen molar-refractivity contribution in [2.75, 3.05) is 5.32 Å². The minimum absolute atomic E-state index is 0.0543. The molecule has 29 heavy (non-hydrogen) atoms. The van der Waals surface area contributed by atoms with Crippen molar-refractivity contribution in [3.8, 4) is 5.69 Å². The van der Waals surface area contributed by atoms with Crippen LogP contribution >= 0.6 is 0 Å². The molecule has 1 heterocycles. The van der Waals surface area contributed by atoms with Crippen LogP contribution in [0.5, 0.6) is 0 Å². The van der Waals surface area contributed by atoms with Gasteiger partial charge in [0, 0.05) is 29.2 Å². The van der Waals surface area contributed by atoms with E-state index in [1.807, 2.05) is 0 Å². The van der Waals surface area contributed by atoms with Crippen molar-refractivity contribution in [3.63, 3.8) is 0 Å². The van der Waals surface area contributed by atoms with Crippen molar-refractivity contribution in [1.29, 1.82) is 0 Å². The van der Waals surface area contributed by atoms with Crippen LogP contribution in [0.3, 0.4) is 0 Å². The van der Waals surface area contributed by atoms with Crippen molar-refractivity contribution in [3.05, 3.63) is 72.3 Å². The summed E-state index contributed by atoms with van der Waals surface area (Å²) in [6.45, 7) is 5.22. The Morgan fingerprint density at radius 3 is 2.34 bits per heavy atom. The molecule has 9 heteroatoms. The highest BCUT2D eigenvalue weighted by atomic mass is 32.2. The lowest BCUT2D eigenvalue weighted by Crippen LogP contribution is -2.40. The highest BCUT2D eigenvalue weighted by Gasteiger charge is 2.22. The number of anilines is 1. The Balaban J connectivity index is 1.74. The first kappa shape index (κ1) is 20.7. The maximum Gasteiger partial charge on any atom is 0.255 e. The summed E-state index contributed by atoms with van der Waals surface area (Å²) in [7, 11) is -3.69. The van der Waals surface area contributed by atoms with Gasteiger partial charge in [-0.2, -0.15) is 5.10 Å². The molecule has 0 aliphatic carbocycles. The second kappa shape index (κ2) is 7.76. The summed E-state index contributed by atoms with van der Waals surface area (Å²) < 4.78 is 42.9. The number of benzene rings is 2. The van der Waals surface area contributed by atoms with Gasteiger partial charge in [0.1, 0.15) is 5.69 Å². The summed E-state index contributed by atoms with van der Waals surface area (Å²) in [6.07, 6.45) is 3.15. The van der Waals surface area contributed by atoms with Crippen LogP contribution in [-0.4, -0.2) is 29.6 Å². The van der Waals surface area contributed by atoms with Crippen LogP contribution in [0.1, 0.15) is 31.1 Å². The number of amides is 1. The standard InChI is InChI=1S/C20H21FN4O3S/c1-20(2,3)24-29(27,28)16-8-5-14(6-9-16)19(26)23-15-7-10-18(17(21)13-15)25-12-4-11-22-25/h4-13,24H,1-3H3,(H,23,26). The Labute approximate surface area is 168 Å². The quantitative estimate of drug-likeness (QED) is 0.667. The van der Waals surface area contributed by atoms with Gasteiger partial charge in [-0.3, -0.25) is 4.79 Å². The average Bonchev–Trinajstić information content (AvgIpc) is 3.14. The molecule has 0 aliphatic rings. The second-order valence-electron chi connectivity index (χ2n) is 7.45. The van der Waals surface area contributed by atoms with Crippen LogP contribution in [0.2, 0.25) is 0 Å². The number of aromatic nitrogens is 2. The normalized spacial score (nSPS) is 12.0. The molecular formula is C20H21FN4O3S. The average molecular weight is 416 g/mol. The largest absolute Gasteiger partial charge is 0.322 e. The molecule has 0 radical (unpaired) electrons. The predicted octanol–water partition coefficient (Wildman–Crippen LogP) is 3.34. The van der Waals surface area contributed by atoms with Crippen molar-refractivity contribution in [2.45, 2.75) is 31.2 Å². The van der Waals surface area contributed by atoms with E-state index in [2.05, 4.69) is 15.1 Å². The van der Waals surface area contributed by atoms with Gasteiger partial charge in [-0.05, 0) is 69.3 Å². The molecule has 0 bridgehead atoms. The number of halogens is 1. The van der Waals surface area contributed by atoms with Crippen LogP contribution in [0.25, 0.3) is 5.69 Å². The first-order valence-corrected chi connectivity index (χ1v) is 10.3. The SMILES string of the molecule is CC(C)(C)NS(=O)(=O)c1ccc(C(=O)Nc2ccc(-n3cccn3)c(F)c2)cc1. The first-order chi connectivity index (χ1) is 13.5. The van der Waals surface area contributed by atoms with Gasteiger partial charge >= 0.3 is 0 Å². The monoisotopic (exact) mass is 416 g/mol. The molecule has 0 unspecified atom stereocenters. The minimum atomic E-state index is -3.69. The van der Waals surface area contributed by atoms with Crippen molar-refractivity contribution >= 4 is 21.6 Å². The third-order valence-corrected chi connectivity index (χ3v) is 5.60. The van der Waals surface area contributed by atoms with Gasteiger partial charge in [0.2, 0.25) is 10.0 Å². The summed E-state index contributed by atoms with van der Waals surface area (Å²) in [6, 6.07) is 11.4. The third-order valence-electron chi connectivity index (χ3n) is 3.82. The summed E-state index contributed by atoms with van der Waals surface area (Å²) in [4.78, 5) is 12.5. The zero-order chi connectivity index (χ0) is 21.2. The summed E-state index contributed by atoms with van der Waals surface area (Å²) in [5.74, 6) is -1.02. The number of nitrogens with zero attached hydrogens (tertiary/aromatic N) is 2. The van der Waals surface area contributed by atoms with E-state index >= 15 is 0 Å². The predicted molar refractivity (Wildman–Crippen MR) is 108 cm³/mol. The van der Waals surface area contributed by atoms with Crippen LogP contribution < -0.4 is 10.0 Å². The molecule has 1 amide bonds. The zero-order valence-corrected chi connectivity index (χ0v) is 17.0. The van der Waals surface area contributed by atoms with Crippen LogP contribution in [0.4, 0.5) is 10.1 Å². The van der Waals surface area contributed by atoms with E-state index in [1.54, 1.807) is 39.1 Å². The number of hydrogen-bond acceptors (Lipinski definition) is 4. The first-order valence-electron chi connectivity index (χ1n) is 8.80. The highest BCUT2D eigenvalue weighted by molar-refractivity contribution is 7.89. The van der Waals surface area contributed by atoms with Crippen LogP contribution in [0, 0.1) is 5.82 Å². The highest BCUT2D eigenvalue weighted by Crippen LogP contribution is 2.19. The number of rotatable bonds is 5. The van der Waals surface area contributed by atoms with Gasteiger partial charge < -0.3 is 5.32 Å². The van der Waals surface area contributed by atoms with Gasteiger partial charge in [0.25, 0.3) is 5.91 Å². The zero-order valence-electron chi connectivity index (χ0n) is 16.2. The number of sulfonamides is 1. The molecule has 0 saturated carbocycles. The molecule has 2 N–H and O–H groups in total. The number of carbonyl (C=O) groups is 1. The van der Waals surface area contributed by atoms with Crippen molar-refractivity contribution in [2.24, 2.45) is 0 Å². The van der Waals surface area contributed by atoms with Gasteiger partial charge in [-0.1, -0.05) is 0 Å². The molecule has 0 fully saturated rings. The van der Waals surface area contributed by atoms with E-state index in [0.717, 1.165) is 0 Å². The van der Waals surface area contributed by atoms with E-state index in [1.165, 1.54) is 47.3 Å². The Hall–Kier alpha value is -3.04. The summed E-state index contributed by atoms with van der Waals surface area (Å²) in [5.41, 5.74) is 0.154. The minimum Gasteiger partial charge on any atom is -0.322 e. The molecule has 0 atom stereocenters. The Morgan fingerprint density at radius 1 is 1.10 bits per heavy atom. The molecule has 152 valence electrons. The lowest BCUT2D eigenvalue weighted by molar-refractivity contribution is 0.102. The number of nitrogens with one attached hydrogen (secondary N) is 2. The smallest absolute Gasteiger partial charge is 0.255 e. The van der Waals surface area contributed by atoms with E-state index < -0.39 is 27.3 Å². The van der Waals surface area contributed by atoms with Crippen LogP contribution in [-0.2, 0) is 10.0 Å². The summed E-state index contributed by atoms with van der Waals surface area (Å²) >= 11 is 0. The topological polar surface area (TPSA) is 93.1 Å². The molecule has 3 rings (SSSR count). The fourth-order valence-electron chi connectivity index (χ4n) is 2.63. The molecule has 0 spiro atoms. The number of hydrogen-bond donors (Lipinski definition) is 2. The van der Waals surface area contributed by atoms with E-state index in [0.29, 0.717) is 0 Å². The molecule has 7 nitrogen and oxygen atoms in total. The summed E-state index contributed by atoms with van der Waals surface area (Å²) in [5, 5.41) is 6.57. The molecule has 3 aromatic rings. The molecular weight excluding hydrogens is 395 g/mol. The fourth-order valence-corrected chi connectivity index (χ4v) is 4.05. The Morgan fingerprint density at radius 2 is 1.79 bits per heavy atom. The van der Waals surface area contributed by atoms with Gasteiger partial charge in [0.15, 0.2) is 5.82 Å². The molecule has 2 aromatic carbocycles. The van der Waals surface area contributed by atoms with E-state index in [9.17, 15) is 17.6 Å². The van der Waals surface area contributed by atoms with E-state index in [-0.39, 0.29) is 21.8 Å². The second-order valence-corrected chi connectivity index (χ2v) is 9.13. The third kappa shape index (κ3) is 5.07. The lowest BCUT2D eigenvalue weighted by atomic mass is 10.1. The molecule has 0 saturated heterocycles. The number of carbonyl (C=O) groups excluding carboxylic acids is 1. The molecule has 0 aliphatic heterocycles. The Bertz CT molecular complexity index is 1120. The van der Waals surface area contributed by atoms with Gasteiger partial charge in [-0.15, -0.1) is 0 Å². The van der Waals surface area contributed by atoms with Gasteiger partial charge in [-0.25, -0.2) is 22.2 Å².